The number of nitrogen functional groups attached to an aromatic ring is 1. The average molecular weight is 413 g/mol. The molecule has 4 rings (SSSR count). The molecule has 1 aromatic heterocycles. The standard InChI is InChI=1S/C17H17FN4O.C6H12O/c18-12-4-2-11(3-5-12)17(23)22-15-9-21-14-6-1-10(8-19)7-13(14)16(15)20;1-6-4-2-3-5-7-6/h1,6-7,9,11-12H,2-5H2,(H2,20,21)(H,22,23);6H,2-5H2,1H3/t;6-/m.1/s1. The van der Waals surface area contributed by atoms with Crippen LogP contribution < -0.4 is 11.1 Å². The summed E-state index contributed by atoms with van der Waals surface area (Å²) in [6, 6.07) is 7.10. The summed E-state index contributed by atoms with van der Waals surface area (Å²) < 4.78 is 18.4. The number of carbonyl (C=O) groups is 1. The SMILES string of the molecule is C[C@@H]1CCCCO1.N#Cc1ccc2ncc(NC(=O)C3CCC(F)CC3)c(N)c2c1. The van der Waals surface area contributed by atoms with Crippen LogP contribution in [0, 0.1) is 17.2 Å². The normalized spacial score (nSPS) is 23.7. The molecule has 1 saturated heterocycles. The number of rotatable bonds is 2. The number of alkyl halides is 1. The number of nitrogens with one attached hydrogen (secondary N) is 1. The van der Waals surface area contributed by atoms with Crippen LogP contribution in [0.2, 0.25) is 0 Å². The summed E-state index contributed by atoms with van der Waals surface area (Å²) in [6.07, 6.45) is 7.10. The third-order valence-electron chi connectivity index (χ3n) is 5.73. The zero-order chi connectivity index (χ0) is 21.5. The Bertz CT molecular complexity index is 913. The Morgan fingerprint density at radius 2 is 2.03 bits per heavy atom. The first-order valence-electron chi connectivity index (χ1n) is 10.6. The lowest BCUT2D eigenvalue weighted by atomic mass is 9.87. The number of amides is 1. The van der Waals surface area contributed by atoms with E-state index in [9.17, 15) is 9.18 Å². The summed E-state index contributed by atoms with van der Waals surface area (Å²) in [7, 11) is 0. The molecule has 1 aromatic carbocycles. The van der Waals surface area contributed by atoms with E-state index in [1.165, 1.54) is 25.5 Å². The van der Waals surface area contributed by atoms with Crippen LogP contribution in [0.4, 0.5) is 15.8 Å². The molecule has 2 aliphatic rings. The third-order valence-corrected chi connectivity index (χ3v) is 5.73. The molecule has 3 N–H and O–H groups in total. The van der Waals surface area contributed by atoms with Gasteiger partial charge in [-0.25, -0.2) is 4.39 Å². The van der Waals surface area contributed by atoms with E-state index in [0.717, 1.165) is 6.61 Å². The second-order valence-electron chi connectivity index (χ2n) is 8.04. The van der Waals surface area contributed by atoms with Crippen LogP contribution in [0.1, 0.15) is 57.4 Å². The lowest BCUT2D eigenvalue weighted by molar-refractivity contribution is -0.121. The Morgan fingerprint density at radius 1 is 1.27 bits per heavy atom. The molecule has 0 unspecified atom stereocenters. The number of carbonyl (C=O) groups excluding carboxylic acids is 1. The van der Waals surface area contributed by atoms with Crippen molar-refractivity contribution in [3.63, 3.8) is 0 Å². The molecule has 0 radical (unpaired) electrons. The number of pyridine rings is 1. The van der Waals surface area contributed by atoms with Crippen LogP contribution in [-0.4, -0.2) is 29.8 Å². The molecule has 2 fully saturated rings. The lowest BCUT2D eigenvalue weighted by Crippen LogP contribution is -2.28. The Hall–Kier alpha value is -2.72. The molecule has 0 bridgehead atoms. The zero-order valence-corrected chi connectivity index (χ0v) is 17.4. The largest absolute Gasteiger partial charge is 0.396 e. The fourth-order valence-corrected chi connectivity index (χ4v) is 3.83. The fourth-order valence-electron chi connectivity index (χ4n) is 3.83. The maximum atomic E-state index is 13.2. The molecule has 1 amide bonds. The number of aromatic nitrogens is 1. The van der Waals surface area contributed by atoms with Crippen molar-refractivity contribution in [1.29, 1.82) is 5.26 Å². The predicted molar refractivity (Wildman–Crippen MR) is 116 cm³/mol. The van der Waals surface area contributed by atoms with Gasteiger partial charge in [0.1, 0.15) is 6.17 Å². The van der Waals surface area contributed by atoms with Crippen LogP contribution >= 0.6 is 0 Å². The number of fused-ring (bicyclic) bond motifs is 1. The predicted octanol–water partition coefficient (Wildman–Crippen LogP) is 4.73. The monoisotopic (exact) mass is 412 g/mol. The van der Waals surface area contributed by atoms with Crippen LogP contribution in [-0.2, 0) is 9.53 Å². The zero-order valence-electron chi connectivity index (χ0n) is 17.4. The molecule has 1 aliphatic carbocycles. The maximum absolute atomic E-state index is 13.2. The van der Waals surface area contributed by atoms with E-state index in [0.29, 0.717) is 59.6 Å². The van der Waals surface area contributed by atoms with Gasteiger partial charge in [-0.1, -0.05) is 0 Å². The van der Waals surface area contributed by atoms with Gasteiger partial charge in [0.2, 0.25) is 5.91 Å². The molecule has 30 heavy (non-hydrogen) atoms. The first kappa shape index (κ1) is 22.0. The Balaban J connectivity index is 0.000000310. The average Bonchev–Trinajstić information content (AvgIpc) is 2.77. The summed E-state index contributed by atoms with van der Waals surface area (Å²) in [6.45, 7) is 3.13. The van der Waals surface area contributed by atoms with E-state index in [2.05, 4.69) is 23.3 Å². The first-order chi connectivity index (χ1) is 14.5. The molecule has 7 heteroatoms. The summed E-state index contributed by atoms with van der Waals surface area (Å²) in [5.41, 5.74) is 8.08. The van der Waals surface area contributed by atoms with E-state index >= 15 is 0 Å². The fraction of sp³-hybridized carbons (Fsp3) is 0.522. The first-order valence-corrected chi connectivity index (χ1v) is 10.6. The minimum atomic E-state index is -0.796. The maximum Gasteiger partial charge on any atom is 0.227 e. The lowest BCUT2D eigenvalue weighted by Gasteiger charge is -2.23. The minimum absolute atomic E-state index is 0.152. The van der Waals surface area contributed by atoms with Gasteiger partial charge in [-0.15, -0.1) is 0 Å². The summed E-state index contributed by atoms with van der Waals surface area (Å²) in [4.78, 5) is 16.6. The minimum Gasteiger partial charge on any atom is -0.396 e. The van der Waals surface area contributed by atoms with Crippen molar-refractivity contribution in [2.45, 2.75) is 64.1 Å². The number of benzene rings is 1. The number of nitrogens with two attached hydrogens (primary N) is 1. The Kier molecular flexibility index (Phi) is 7.58. The second kappa shape index (κ2) is 10.4. The second-order valence-corrected chi connectivity index (χ2v) is 8.04. The quantitative estimate of drug-likeness (QED) is 0.742. The van der Waals surface area contributed by atoms with E-state index < -0.39 is 6.17 Å². The highest BCUT2D eigenvalue weighted by Crippen LogP contribution is 2.30. The number of hydrogen-bond acceptors (Lipinski definition) is 5. The van der Waals surface area contributed by atoms with Crippen molar-refractivity contribution in [1.82, 2.24) is 4.98 Å². The number of nitrogens with zero attached hydrogens (tertiary/aromatic N) is 2. The van der Waals surface area contributed by atoms with Crippen LogP contribution in [0.25, 0.3) is 10.9 Å². The third kappa shape index (κ3) is 5.67. The van der Waals surface area contributed by atoms with Crippen molar-refractivity contribution >= 4 is 28.2 Å². The van der Waals surface area contributed by atoms with Gasteiger partial charge in [0.15, 0.2) is 0 Å². The van der Waals surface area contributed by atoms with Crippen molar-refractivity contribution in [3.8, 4) is 6.07 Å². The van der Waals surface area contributed by atoms with Gasteiger partial charge in [0, 0.05) is 17.9 Å². The molecule has 1 aliphatic heterocycles. The molecular formula is C23H29FN4O2. The van der Waals surface area contributed by atoms with Gasteiger partial charge in [-0.2, -0.15) is 5.26 Å². The number of anilines is 2. The van der Waals surface area contributed by atoms with Gasteiger partial charge in [-0.05, 0) is 70.1 Å². The highest BCUT2D eigenvalue weighted by atomic mass is 19.1. The van der Waals surface area contributed by atoms with Crippen LogP contribution in [0.5, 0.6) is 0 Å². The highest BCUT2D eigenvalue weighted by molar-refractivity contribution is 6.02. The topological polar surface area (TPSA) is 101 Å². The molecule has 2 heterocycles. The smallest absolute Gasteiger partial charge is 0.227 e. The van der Waals surface area contributed by atoms with Crippen molar-refractivity contribution in [3.05, 3.63) is 30.0 Å². The van der Waals surface area contributed by atoms with E-state index in [1.54, 1.807) is 18.2 Å². The molecule has 1 atom stereocenters. The van der Waals surface area contributed by atoms with E-state index in [1.807, 2.05) is 0 Å². The summed E-state index contributed by atoms with van der Waals surface area (Å²) in [5.74, 6) is -0.344. The van der Waals surface area contributed by atoms with E-state index in [4.69, 9.17) is 15.7 Å². The van der Waals surface area contributed by atoms with Crippen molar-refractivity contribution < 1.29 is 13.9 Å². The van der Waals surface area contributed by atoms with Crippen LogP contribution in [0.15, 0.2) is 24.4 Å². The number of hydrogen-bond donors (Lipinski definition) is 2. The number of ether oxygens (including phenoxy) is 1. The Morgan fingerprint density at radius 3 is 2.63 bits per heavy atom. The van der Waals surface area contributed by atoms with E-state index in [-0.39, 0.29) is 11.8 Å². The highest BCUT2D eigenvalue weighted by Gasteiger charge is 2.26. The van der Waals surface area contributed by atoms with Gasteiger partial charge in [-0.3, -0.25) is 9.78 Å². The molecular weight excluding hydrogens is 383 g/mol. The molecule has 1 saturated carbocycles. The van der Waals surface area contributed by atoms with Gasteiger partial charge < -0.3 is 15.8 Å². The molecule has 6 nitrogen and oxygen atoms in total. The Labute approximate surface area is 176 Å². The molecule has 160 valence electrons. The van der Waals surface area contributed by atoms with Crippen molar-refractivity contribution in [2.24, 2.45) is 5.92 Å². The van der Waals surface area contributed by atoms with Crippen LogP contribution in [0.3, 0.4) is 0 Å². The van der Waals surface area contributed by atoms with Gasteiger partial charge in [0.25, 0.3) is 0 Å². The van der Waals surface area contributed by atoms with Gasteiger partial charge >= 0.3 is 0 Å². The van der Waals surface area contributed by atoms with Crippen molar-refractivity contribution in [2.75, 3.05) is 17.7 Å². The van der Waals surface area contributed by atoms with Gasteiger partial charge in [0.05, 0.1) is 40.8 Å². The number of halogens is 1. The summed E-state index contributed by atoms with van der Waals surface area (Å²) >= 11 is 0. The number of nitriles is 1. The molecule has 2 aromatic rings. The summed E-state index contributed by atoms with van der Waals surface area (Å²) in [5, 5.41) is 12.4. The molecule has 0 spiro atoms.